The van der Waals surface area contributed by atoms with Crippen molar-refractivity contribution in [2.45, 2.75) is 122 Å². The molecule has 12 heteroatoms. The second-order valence-corrected chi connectivity index (χ2v) is 20.5. The van der Waals surface area contributed by atoms with Gasteiger partial charge < -0.3 is 19.7 Å². The first-order valence-corrected chi connectivity index (χ1v) is 26.4. The van der Waals surface area contributed by atoms with Gasteiger partial charge in [-0.05, 0) is 106 Å². The van der Waals surface area contributed by atoms with Gasteiger partial charge in [-0.3, -0.25) is 10.1 Å². The molecule has 1 amide bonds. The lowest BCUT2D eigenvalue weighted by molar-refractivity contribution is -0.552. The highest BCUT2D eigenvalue weighted by Crippen LogP contribution is 2.50. The second kappa shape index (κ2) is 21.4. The van der Waals surface area contributed by atoms with Crippen LogP contribution in [-0.2, 0) is 24.1 Å². The van der Waals surface area contributed by atoms with Gasteiger partial charge in [0.25, 0.3) is 0 Å². The van der Waals surface area contributed by atoms with Crippen LogP contribution in [0.15, 0.2) is 114 Å². The van der Waals surface area contributed by atoms with Gasteiger partial charge >= 0.3 is 11.7 Å². The number of carbonyl (C=O) groups excluding carboxylic acids is 2. The quantitative estimate of drug-likeness (QED) is 0.0613. The molecule has 5 aromatic carbocycles. The minimum atomic E-state index is -0.570. The number of benzene rings is 5. The molecular formula is C60H68FN7O4+2. The fourth-order valence-electron chi connectivity index (χ4n) is 11.2. The number of hydrogen-bond donors (Lipinski definition) is 2. The lowest BCUT2D eigenvalue weighted by atomic mass is 9.77. The predicted molar refractivity (Wildman–Crippen MR) is 281 cm³/mol. The molecule has 2 atom stereocenters. The molecule has 11 nitrogen and oxygen atoms in total. The van der Waals surface area contributed by atoms with Crippen LogP contribution in [0.4, 0.5) is 21.6 Å². The number of carbonyl (C=O) groups is 2. The van der Waals surface area contributed by atoms with E-state index < -0.39 is 11.9 Å². The first-order valence-electron chi connectivity index (χ1n) is 26.4. The molecular weight excluding hydrogens is 902 g/mol. The zero-order valence-electron chi connectivity index (χ0n) is 42.3. The van der Waals surface area contributed by atoms with Crippen LogP contribution in [-0.4, -0.2) is 61.2 Å². The largest absolute Gasteiger partial charge is 0.491 e. The van der Waals surface area contributed by atoms with Gasteiger partial charge in [0.1, 0.15) is 41.7 Å². The lowest BCUT2D eigenvalue weighted by Gasteiger charge is -2.48. The Morgan fingerprint density at radius 2 is 1.74 bits per heavy atom. The second-order valence-electron chi connectivity index (χ2n) is 20.5. The molecule has 72 heavy (non-hydrogen) atoms. The van der Waals surface area contributed by atoms with Gasteiger partial charge in [-0.1, -0.05) is 86.5 Å². The number of aromatic nitrogens is 2. The van der Waals surface area contributed by atoms with Gasteiger partial charge in [0, 0.05) is 67.2 Å². The third-order valence-corrected chi connectivity index (χ3v) is 15.0. The summed E-state index contributed by atoms with van der Waals surface area (Å²) in [4.78, 5) is 39.5. The zero-order chi connectivity index (χ0) is 49.8. The standard InChI is InChI=1S/C60H66FN7O4/c1-5-42-38-60(3,4)68(53-37-56-48(35-45(42)53)63-47-34-44-23-17-28-66(6-2)52(44)36-55(47)72-56)29-18-24-57(69)62-27-15-7-8-16-30-71-54-26-25-41(31-46(54)61)33-50-59(70)67-39-51(43-21-13-10-14-22-43)64-49(58(67)65-50)32-40-19-11-9-12-20-40/h9-14,19-22,25-26,31,34-37,39,42,50H,5-8,15-18,23-24,27-30,32-33,38H2,1-4H3/p+2. The molecule has 0 bridgehead atoms. The number of nitrogens with one attached hydrogen (secondary N) is 2. The fraction of sp³-hybridized carbons (Fsp3) is 0.400. The van der Waals surface area contributed by atoms with E-state index in [0.717, 1.165) is 122 Å². The van der Waals surface area contributed by atoms with Crippen molar-refractivity contribution >= 4 is 29.0 Å². The summed E-state index contributed by atoms with van der Waals surface area (Å²) in [6.45, 7) is 13.0. The Bertz CT molecular complexity index is 3110. The van der Waals surface area contributed by atoms with Crippen molar-refractivity contribution in [3.63, 3.8) is 0 Å². The van der Waals surface area contributed by atoms with Gasteiger partial charge in [0.05, 0.1) is 12.7 Å². The molecule has 0 aliphatic carbocycles. The van der Waals surface area contributed by atoms with Crippen molar-refractivity contribution in [3.8, 4) is 28.5 Å². The Labute approximate surface area is 422 Å². The van der Waals surface area contributed by atoms with Crippen LogP contribution in [0.3, 0.4) is 0 Å². The van der Waals surface area contributed by atoms with E-state index in [-0.39, 0.29) is 23.1 Å². The van der Waals surface area contributed by atoms with E-state index in [2.05, 4.69) is 84.2 Å². The molecule has 5 heterocycles. The molecule has 0 spiro atoms. The summed E-state index contributed by atoms with van der Waals surface area (Å²) in [6.07, 6.45) is 11.7. The average Bonchev–Trinajstić information content (AvgIpc) is 3.70. The number of amides is 1. The average molecular weight is 970 g/mol. The smallest absolute Gasteiger partial charge is 0.359 e. The van der Waals surface area contributed by atoms with Gasteiger partial charge in [0.2, 0.25) is 11.3 Å². The van der Waals surface area contributed by atoms with Crippen LogP contribution in [0.2, 0.25) is 0 Å². The van der Waals surface area contributed by atoms with Gasteiger partial charge in [-0.25, -0.2) is 23.7 Å². The van der Waals surface area contributed by atoms with E-state index in [1.54, 1.807) is 16.8 Å². The number of nitrogens with zero attached hydrogens (tertiary/aromatic N) is 5. The Balaban J connectivity index is 0.665. The molecule has 10 rings (SSSR count). The van der Waals surface area contributed by atoms with Gasteiger partial charge in [-0.2, -0.15) is 4.57 Å². The van der Waals surface area contributed by atoms with Crippen LogP contribution in [0.1, 0.15) is 124 Å². The highest BCUT2D eigenvalue weighted by atomic mass is 19.1. The molecule has 1 aromatic heterocycles. The van der Waals surface area contributed by atoms with E-state index in [1.165, 1.54) is 28.2 Å². The summed E-state index contributed by atoms with van der Waals surface area (Å²) in [7, 11) is 0. The van der Waals surface area contributed by atoms with Crippen LogP contribution in [0.5, 0.6) is 17.2 Å². The number of hydrogen-bond acceptors (Lipinski definition) is 8. The molecule has 0 saturated carbocycles. The highest BCUT2D eigenvalue weighted by Gasteiger charge is 2.42. The summed E-state index contributed by atoms with van der Waals surface area (Å²) in [5.41, 5.74) is 8.90. The Hall–Kier alpha value is -6.95. The summed E-state index contributed by atoms with van der Waals surface area (Å²) in [5, 5.41) is 8.73. The minimum Gasteiger partial charge on any atom is -0.491 e. The van der Waals surface area contributed by atoms with E-state index >= 15 is 4.39 Å². The van der Waals surface area contributed by atoms with E-state index in [0.29, 0.717) is 49.7 Å². The molecule has 4 aliphatic rings. The summed E-state index contributed by atoms with van der Waals surface area (Å²) < 4.78 is 32.0. The lowest BCUT2D eigenvalue weighted by Crippen LogP contribution is -2.49. The Morgan fingerprint density at radius 3 is 2.53 bits per heavy atom. The first-order chi connectivity index (χ1) is 35.0. The van der Waals surface area contributed by atoms with Gasteiger partial charge in [0.15, 0.2) is 29.1 Å². The van der Waals surface area contributed by atoms with Crippen LogP contribution >= 0.6 is 0 Å². The van der Waals surface area contributed by atoms with Crippen molar-refractivity contribution in [2.24, 2.45) is 4.99 Å². The number of unbranched alkanes of at least 4 members (excludes halogenated alkanes) is 3. The Kier molecular flexibility index (Phi) is 14.5. The molecule has 0 saturated heterocycles. The minimum absolute atomic E-state index is 0.0748. The maximum absolute atomic E-state index is 15.4. The number of ether oxygens (including phenoxy) is 2. The van der Waals surface area contributed by atoms with E-state index in [4.69, 9.17) is 19.5 Å². The van der Waals surface area contributed by atoms with E-state index in [9.17, 15) is 9.59 Å². The van der Waals surface area contributed by atoms with Crippen molar-refractivity contribution in [1.82, 2.24) is 14.9 Å². The number of anilines is 2. The van der Waals surface area contributed by atoms with Crippen molar-refractivity contribution in [2.75, 3.05) is 43.0 Å². The summed E-state index contributed by atoms with van der Waals surface area (Å²) >= 11 is 0. The maximum Gasteiger partial charge on any atom is 0.359 e. The van der Waals surface area contributed by atoms with Crippen molar-refractivity contribution in [3.05, 3.63) is 154 Å². The van der Waals surface area contributed by atoms with Crippen LogP contribution < -0.4 is 44.9 Å². The van der Waals surface area contributed by atoms with Crippen molar-refractivity contribution < 1.29 is 28.0 Å². The molecule has 6 aromatic rings. The first kappa shape index (κ1) is 48.7. The summed E-state index contributed by atoms with van der Waals surface area (Å²) in [6, 6.07) is 33.2. The maximum atomic E-state index is 15.4. The Morgan fingerprint density at radius 1 is 0.931 bits per heavy atom. The predicted octanol–water partition coefficient (Wildman–Crippen LogP) is 9.98. The topological polar surface area (TPSA) is 112 Å². The van der Waals surface area contributed by atoms with Gasteiger partial charge in [-0.15, -0.1) is 0 Å². The molecule has 372 valence electrons. The van der Waals surface area contributed by atoms with Crippen molar-refractivity contribution in [1.29, 1.82) is 0 Å². The third-order valence-electron chi connectivity index (χ3n) is 15.0. The number of fused-ring (bicyclic) bond motifs is 5. The number of aryl methyl sites for hydroxylation is 1. The molecule has 4 aliphatic heterocycles. The monoisotopic (exact) mass is 970 g/mol. The van der Waals surface area contributed by atoms with E-state index in [1.807, 2.05) is 54.6 Å². The normalized spacial score (nSPS) is 17.1. The van der Waals surface area contributed by atoms with Crippen LogP contribution in [0, 0.1) is 5.82 Å². The number of halogens is 1. The summed E-state index contributed by atoms with van der Waals surface area (Å²) in [5.74, 6) is 2.43. The molecule has 0 radical (unpaired) electrons. The number of rotatable bonds is 19. The molecule has 2 N–H and O–H groups in total. The highest BCUT2D eigenvalue weighted by molar-refractivity contribution is 5.83. The molecule has 0 fully saturated rings. The zero-order valence-corrected chi connectivity index (χ0v) is 42.3. The van der Waals surface area contributed by atoms with Crippen LogP contribution in [0.25, 0.3) is 11.3 Å². The molecule has 2 unspecified atom stereocenters. The third kappa shape index (κ3) is 10.5. The fourth-order valence-corrected chi connectivity index (χ4v) is 11.2. The SMILES string of the molecule is CCC1CC(C)(C)N(CCCC(=O)NCCCCCCOc2ccc(CC3Nc4c(Cc5ccccc5)nc(-c5ccccc5)c[n+]4C3=O)cc2F)c2cc3c(cc21)N=c1cc2c(cc1O3)=[N+](CC)CCC2.